The van der Waals surface area contributed by atoms with Crippen molar-refractivity contribution in [2.24, 2.45) is 0 Å². The molecule has 0 radical (unpaired) electrons. The Morgan fingerprint density at radius 2 is 2.04 bits per heavy atom. The number of benzene rings is 1. The average molecular weight is 400 g/mol. The van der Waals surface area contributed by atoms with Gasteiger partial charge in [0.2, 0.25) is 0 Å². The second-order valence-electron chi connectivity index (χ2n) is 6.81. The van der Waals surface area contributed by atoms with E-state index in [9.17, 15) is 9.18 Å². The minimum Gasteiger partial charge on any atom is -0.348 e. The van der Waals surface area contributed by atoms with E-state index in [1.807, 2.05) is 0 Å². The molecule has 0 aliphatic carbocycles. The summed E-state index contributed by atoms with van der Waals surface area (Å²) in [6.45, 7) is 1.76. The van der Waals surface area contributed by atoms with Crippen molar-refractivity contribution < 1.29 is 9.18 Å². The van der Waals surface area contributed by atoms with Crippen LogP contribution in [0, 0.1) is 12.7 Å². The van der Waals surface area contributed by atoms with Crippen LogP contribution in [0.15, 0.2) is 18.2 Å². The van der Waals surface area contributed by atoms with Crippen LogP contribution in [0.5, 0.6) is 0 Å². The van der Waals surface area contributed by atoms with Crippen molar-refractivity contribution in [1.29, 1.82) is 0 Å². The molecule has 2 bridgehead atoms. The summed E-state index contributed by atoms with van der Waals surface area (Å²) >= 11 is 5.83. The molecule has 0 saturated carbocycles. The van der Waals surface area contributed by atoms with Crippen LogP contribution in [0.3, 0.4) is 0 Å². The number of hydrogen-bond donors (Lipinski definition) is 2. The van der Waals surface area contributed by atoms with Crippen LogP contribution >= 0.6 is 24.0 Å². The van der Waals surface area contributed by atoms with Crippen molar-refractivity contribution in [2.75, 3.05) is 0 Å². The van der Waals surface area contributed by atoms with Gasteiger partial charge in [0.05, 0.1) is 16.4 Å². The summed E-state index contributed by atoms with van der Waals surface area (Å²) in [5, 5.41) is 14.7. The van der Waals surface area contributed by atoms with Crippen molar-refractivity contribution in [2.45, 2.75) is 50.7 Å². The number of carbonyl (C=O) groups is 1. The Hall–Kier alpha value is -1.70. The third-order valence-electron chi connectivity index (χ3n) is 5.07. The minimum absolute atomic E-state index is 0. The van der Waals surface area contributed by atoms with E-state index < -0.39 is 5.82 Å². The number of piperidine rings is 1. The zero-order valence-electron chi connectivity index (χ0n) is 14.2. The van der Waals surface area contributed by atoms with E-state index in [0.717, 1.165) is 12.8 Å². The van der Waals surface area contributed by atoms with Crippen LogP contribution in [0.4, 0.5) is 4.39 Å². The molecule has 2 unspecified atom stereocenters. The zero-order valence-corrected chi connectivity index (χ0v) is 15.8. The molecule has 26 heavy (non-hydrogen) atoms. The van der Waals surface area contributed by atoms with Gasteiger partial charge in [-0.2, -0.15) is 0 Å². The SMILES string of the molecule is Cc1c(C(=O)NC2CC3CCC(C2)N3)nnn1-c1ccc(F)c(Cl)c1.Cl. The van der Waals surface area contributed by atoms with Gasteiger partial charge in [-0.1, -0.05) is 16.8 Å². The summed E-state index contributed by atoms with van der Waals surface area (Å²) in [5.74, 6) is -0.718. The number of rotatable bonds is 3. The zero-order chi connectivity index (χ0) is 17.6. The average Bonchev–Trinajstić information content (AvgIpc) is 3.12. The third kappa shape index (κ3) is 3.56. The van der Waals surface area contributed by atoms with Gasteiger partial charge in [-0.3, -0.25) is 4.79 Å². The summed E-state index contributed by atoms with van der Waals surface area (Å²) in [5.41, 5.74) is 1.44. The van der Waals surface area contributed by atoms with Crippen molar-refractivity contribution in [3.8, 4) is 5.69 Å². The number of nitrogens with one attached hydrogen (secondary N) is 2. The molecule has 2 aromatic rings. The van der Waals surface area contributed by atoms with Gasteiger partial charge in [-0.15, -0.1) is 17.5 Å². The van der Waals surface area contributed by atoms with Gasteiger partial charge in [-0.05, 0) is 50.8 Å². The van der Waals surface area contributed by atoms with Crippen molar-refractivity contribution in [3.63, 3.8) is 0 Å². The Labute approximate surface area is 161 Å². The van der Waals surface area contributed by atoms with Gasteiger partial charge in [0.15, 0.2) is 5.69 Å². The first-order chi connectivity index (χ1) is 12.0. The predicted molar refractivity (Wildman–Crippen MR) is 98.7 cm³/mol. The molecule has 6 nitrogen and oxygen atoms in total. The summed E-state index contributed by atoms with van der Waals surface area (Å²) in [6.07, 6.45) is 4.25. The second-order valence-corrected chi connectivity index (χ2v) is 7.22. The topological polar surface area (TPSA) is 71.8 Å². The molecule has 9 heteroatoms. The Morgan fingerprint density at radius 1 is 1.35 bits per heavy atom. The molecule has 2 aliphatic heterocycles. The maximum Gasteiger partial charge on any atom is 0.273 e. The lowest BCUT2D eigenvalue weighted by Crippen LogP contribution is -2.48. The first kappa shape index (κ1) is 19.1. The van der Waals surface area contributed by atoms with Gasteiger partial charge in [0, 0.05) is 18.1 Å². The molecule has 1 aromatic carbocycles. The molecule has 140 valence electrons. The number of fused-ring (bicyclic) bond motifs is 2. The predicted octanol–water partition coefficient (Wildman–Crippen LogP) is 2.80. The van der Waals surface area contributed by atoms with Gasteiger partial charge < -0.3 is 10.6 Å². The maximum atomic E-state index is 13.3. The Balaban J connectivity index is 0.00000196. The van der Waals surface area contributed by atoms with E-state index in [1.165, 1.54) is 29.7 Å². The molecule has 2 fully saturated rings. The van der Waals surface area contributed by atoms with Gasteiger partial charge in [0.25, 0.3) is 5.91 Å². The molecule has 4 rings (SSSR count). The fraction of sp³-hybridized carbons (Fsp3) is 0.471. The molecule has 2 N–H and O–H groups in total. The largest absolute Gasteiger partial charge is 0.348 e. The minimum atomic E-state index is -0.498. The van der Waals surface area contributed by atoms with Crippen LogP contribution in [0.2, 0.25) is 5.02 Å². The summed E-state index contributed by atoms with van der Waals surface area (Å²) in [4.78, 5) is 12.6. The van der Waals surface area contributed by atoms with Crippen LogP contribution in [0.1, 0.15) is 41.9 Å². The van der Waals surface area contributed by atoms with E-state index in [4.69, 9.17) is 11.6 Å². The van der Waals surface area contributed by atoms with Crippen molar-refractivity contribution in [1.82, 2.24) is 25.6 Å². The molecular formula is C17H20Cl2FN5O. The van der Waals surface area contributed by atoms with Gasteiger partial charge >= 0.3 is 0 Å². The Bertz CT molecular complexity index is 815. The maximum absolute atomic E-state index is 13.3. The molecule has 1 aromatic heterocycles. The van der Waals surface area contributed by atoms with E-state index in [1.54, 1.807) is 13.0 Å². The fourth-order valence-electron chi connectivity index (χ4n) is 3.83. The highest BCUT2D eigenvalue weighted by Crippen LogP contribution is 2.27. The number of carbonyl (C=O) groups excluding carboxylic acids is 1. The quantitative estimate of drug-likeness (QED) is 0.831. The van der Waals surface area contributed by atoms with E-state index >= 15 is 0 Å². The van der Waals surface area contributed by atoms with Crippen LogP contribution in [-0.2, 0) is 0 Å². The highest BCUT2D eigenvalue weighted by Gasteiger charge is 2.34. The molecule has 2 atom stereocenters. The number of aromatic nitrogens is 3. The second kappa shape index (κ2) is 7.50. The summed E-state index contributed by atoms with van der Waals surface area (Å²) < 4.78 is 14.8. The summed E-state index contributed by atoms with van der Waals surface area (Å²) in [6, 6.07) is 5.45. The fourth-order valence-corrected chi connectivity index (χ4v) is 4.00. The van der Waals surface area contributed by atoms with E-state index in [2.05, 4.69) is 20.9 Å². The number of hydrogen-bond acceptors (Lipinski definition) is 4. The van der Waals surface area contributed by atoms with Gasteiger partial charge in [-0.25, -0.2) is 9.07 Å². The first-order valence-corrected chi connectivity index (χ1v) is 8.83. The lowest BCUT2D eigenvalue weighted by molar-refractivity contribution is 0.0918. The number of nitrogens with zero attached hydrogens (tertiary/aromatic N) is 3. The molecule has 0 spiro atoms. The monoisotopic (exact) mass is 399 g/mol. The first-order valence-electron chi connectivity index (χ1n) is 8.46. The number of halogens is 3. The van der Waals surface area contributed by atoms with E-state index in [-0.39, 0.29) is 35.1 Å². The summed E-state index contributed by atoms with van der Waals surface area (Å²) in [7, 11) is 0. The Kier molecular flexibility index (Phi) is 5.50. The van der Waals surface area contributed by atoms with Crippen LogP contribution in [-0.4, -0.2) is 39.0 Å². The highest BCUT2D eigenvalue weighted by atomic mass is 35.5. The highest BCUT2D eigenvalue weighted by molar-refractivity contribution is 6.30. The normalized spacial score (nSPS) is 24.2. The lowest BCUT2D eigenvalue weighted by atomic mass is 9.99. The smallest absolute Gasteiger partial charge is 0.273 e. The molecular weight excluding hydrogens is 380 g/mol. The third-order valence-corrected chi connectivity index (χ3v) is 5.36. The van der Waals surface area contributed by atoms with Crippen LogP contribution < -0.4 is 10.6 Å². The van der Waals surface area contributed by atoms with E-state index in [0.29, 0.717) is 23.5 Å². The number of amides is 1. The van der Waals surface area contributed by atoms with Crippen LogP contribution in [0.25, 0.3) is 5.69 Å². The molecule has 3 heterocycles. The Morgan fingerprint density at radius 3 is 2.69 bits per heavy atom. The molecule has 2 aliphatic rings. The van der Waals surface area contributed by atoms with Crippen molar-refractivity contribution in [3.05, 3.63) is 40.4 Å². The molecule has 2 saturated heterocycles. The van der Waals surface area contributed by atoms with Crippen molar-refractivity contribution >= 4 is 29.9 Å². The van der Waals surface area contributed by atoms with Gasteiger partial charge in [0.1, 0.15) is 5.82 Å². The molecule has 1 amide bonds. The standard InChI is InChI=1S/C17H19ClFN5O.ClH/c1-9-16(17(25)21-12-6-10-2-3-11(7-12)20-10)22-23-24(9)13-4-5-15(19)14(18)8-13;/h4-5,8,10-12,20H,2-3,6-7H2,1H3,(H,21,25);1H. The lowest BCUT2D eigenvalue weighted by Gasteiger charge is -2.29.